The van der Waals surface area contributed by atoms with Crippen LogP contribution in [0.3, 0.4) is 0 Å². The topological polar surface area (TPSA) is 12.0 Å². The molecule has 1 N–H and O–H groups in total. The van der Waals surface area contributed by atoms with Gasteiger partial charge in [0.1, 0.15) is 5.82 Å². The third-order valence-electron chi connectivity index (χ3n) is 2.52. The van der Waals surface area contributed by atoms with E-state index in [4.69, 9.17) is 0 Å². The molecule has 0 atom stereocenters. The van der Waals surface area contributed by atoms with E-state index in [0.717, 1.165) is 11.3 Å². The van der Waals surface area contributed by atoms with Gasteiger partial charge in [0.2, 0.25) is 0 Å². The molecule has 0 bridgehead atoms. The number of rotatable bonds is 3. The molecule has 0 spiro atoms. The molecule has 1 nitrogen and oxygen atoms in total. The van der Waals surface area contributed by atoms with Gasteiger partial charge in [-0.3, -0.25) is 0 Å². The second-order valence-corrected chi connectivity index (χ2v) is 3.80. The number of aryl methyl sites for hydroxylation is 1. The van der Waals surface area contributed by atoms with E-state index in [1.165, 1.54) is 11.6 Å². The van der Waals surface area contributed by atoms with Gasteiger partial charge in [-0.15, -0.1) is 0 Å². The lowest BCUT2D eigenvalue weighted by Crippen LogP contribution is -2.00. The summed E-state index contributed by atoms with van der Waals surface area (Å²) in [6.07, 6.45) is 0. The number of hydrogen-bond acceptors (Lipinski definition) is 1. The molecule has 0 aliphatic rings. The molecule has 16 heavy (non-hydrogen) atoms. The summed E-state index contributed by atoms with van der Waals surface area (Å²) in [7, 11) is 0. The van der Waals surface area contributed by atoms with Gasteiger partial charge in [-0.05, 0) is 36.2 Å². The highest BCUT2D eigenvalue weighted by Crippen LogP contribution is 2.14. The minimum Gasteiger partial charge on any atom is -0.381 e. The van der Waals surface area contributed by atoms with Gasteiger partial charge in [0.05, 0.1) is 0 Å². The second kappa shape index (κ2) is 4.79. The van der Waals surface area contributed by atoms with Crippen LogP contribution in [0.5, 0.6) is 0 Å². The SMILES string of the molecule is Cc1ccccc1NCc1cccc(F)c1. The van der Waals surface area contributed by atoms with Crippen LogP contribution in [-0.4, -0.2) is 0 Å². The van der Waals surface area contributed by atoms with E-state index in [0.29, 0.717) is 6.54 Å². The Balaban J connectivity index is 2.05. The zero-order valence-electron chi connectivity index (χ0n) is 9.20. The minimum absolute atomic E-state index is 0.191. The van der Waals surface area contributed by atoms with Crippen molar-refractivity contribution in [3.8, 4) is 0 Å². The predicted molar refractivity (Wildman–Crippen MR) is 64.9 cm³/mol. The molecular formula is C14H14FN. The van der Waals surface area contributed by atoms with Crippen LogP contribution < -0.4 is 5.32 Å². The number of nitrogens with one attached hydrogen (secondary N) is 1. The van der Waals surface area contributed by atoms with Gasteiger partial charge in [0, 0.05) is 12.2 Å². The smallest absolute Gasteiger partial charge is 0.123 e. The largest absolute Gasteiger partial charge is 0.381 e. The lowest BCUT2D eigenvalue weighted by molar-refractivity contribution is 0.626. The molecular weight excluding hydrogens is 201 g/mol. The first-order chi connectivity index (χ1) is 7.75. The van der Waals surface area contributed by atoms with Gasteiger partial charge in [-0.1, -0.05) is 30.3 Å². The summed E-state index contributed by atoms with van der Waals surface area (Å²) < 4.78 is 12.9. The number of para-hydroxylation sites is 1. The summed E-state index contributed by atoms with van der Waals surface area (Å²) in [4.78, 5) is 0. The van der Waals surface area contributed by atoms with Gasteiger partial charge >= 0.3 is 0 Å². The van der Waals surface area contributed by atoms with E-state index in [1.54, 1.807) is 12.1 Å². The van der Waals surface area contributed by atoms with Crippen molar-refractivity contribution in [2.75, 3.05) is 5.32 Å². The van der Waals surface area contributed by atoms with Gasteiger partial charge in [0.25, 0.3) is 0 Å². The molecule has 2 aromatic rings. The van der Waals surface area contributed by atoms with Crippen LogP contribution in [-0.2, 0) is 6.54 Å². The van der Waals surface area contributed by atoms with Crippen LogP contribution in [0, 0.1) is 12.7 Å². The Labute approximate surface area is 94.9 Å². The maximum absolute atomic E-state index is 12.9. The summed E-state index contributed by atoms with van der Waals surface area (Å²) in [6.45, 7) is 2.69. The third kappa shape index (κ3) is 2.60. The maximum atomic E-state index is 12.9. The molecule has 0 saturated heterocycles. The fraction of sp³-hybridized carbons (Fsp3) is 0.143. The van der Waals surface area contributed by atoms with Crippen molar-refractivity contribution in [2.45, 2.75) is 13.5 Å². The fourth-order valence-electron chi connectivity index (χ4n) is 1.62. The lowest BCUT2D eigenvalue weighted by atomic mass is 10.2. The van der Waals surface area contributed by atoms with E-state index in [9.17, 15) is 4.39 Å². The summed E-state index contributed by atoms with van der Waals surface area (Å²) >= 11 is 0. The highest BCUT2D eigenvalue weighted by atomic mass is 19.1. The van der Waals surface area contributed by atoms with Gasteiger partial charge in [0.15, 0.2) is 0 Å². The monoisotopic (exact) mass is 215 g/mol. The van der Waals surface area contributed by atoms with E-state index < -0.39 is 0 Å². The number of hydrogen-bond donors (Lipinski definition) is 1. The average molecular weight is 215 g/mol. The van der Waals surface area contributed by atoms with Crippen molar-refractivity contribution >= 4 is 5.69 Å². The van der Waals surface area contributed by atoms with E-state index >= 15 is 0 Å². The Morgan fingerprint density at radius 1 is 1.06 bits per heavy atom. The van der Waals surface area contributed by atoms with Crippen molar-refractivity contribution in [3.05, 3.63) is 65.5 Å². The van der Waals surface area contributed by atoms with Gasteiger partial charge in [-0.25, -0.2) is 4.39 Å². The predicted octanol–water partition coefficient (Wildman–Crippen LogP) is 3.75. The van der Waals surface area contributed by atoms with Crippen molar-refractivity contribution < 1.29 is 4.39 Å². The molecule has 82 valence electrons. The van der Waals surface area contributed by atoms with E-state index in [2.05, 4.69) is 5.32 Å². The summed E-state index contributed by atoms with van der Waals surface area (Å²) in [5.74, 6) is -0.191. The average Bonchev–Trinajstić information content (AvgIpc) is 2.28. The standard InChI is InChI=1S/C14H14FN/c1-11-5-2-3-8-14(11)16-10-12-6-4-7-13(15)9-12/h2-9,16H,10H2,1H3. The summed E-state index contributed by atoms with van der Waals surface area (Å²) in [5.41, 5.74) is 3.23. The minimum atomic E-state index is -0.191. The lowest BCUT2D eigenvalue weighted by Gasteiger charge is -2.09. The molecule has 0 aliphatic heterocycles. The van der Waals surface area contributed by atoms with Crippen LogP contribution in [0.1, 0.15) is 11.1 Å². The van der Waals surface area contributed by atoms with Gasteiger partial charge < -0.3 is 5.32 Å². The number of benzene rings is 2. The molecule has 0 fully saturated rings. The first-order valence-corrected chi connectivity index (χ1v) is 5.29. The van der Waals surface area contributed by atoms with Crippen LogP contribution in [0.2, 0.25) is 0 Å². The van der Waals surface area contributed by atoms with E-state index in [-0.39, 0.29) is 5.82 Å². The summed E-state index contributed by atoms with van der Waals surface area (Å²) in [6, 6.07) is 14.7. The zero-order valence-corrected chi connectivity index (χ0v) is 9.20. The Bertz CT molecular complexity index is 480. The van der Waals surface area contributed by atoms with Crippen LogP contribution in [0.15, 0.2) is 48.5 Å². The first-order valence-electron chi connectivity index (χ1n) is 5.29. The molecule has 2 aromatic carbocycles. The normalized spacial score (nSPS) is 10.1. The highest BCUT2D eigenvalue weighted by Gasteiger charge is 1.97. The molecule has 2 heteroatoms. The molecule has 0 saturated carbocycles. The van der Waals surface area contributed by atoms with Gasteiger partial charge in [-0.2, -0.15) is 0 Å². The van der Waals surface area contributed by atoms with Crippen molar-refractivity contribution in [1.82, 2.24) is 0 Å². The van der Waals surface area contributed by atoms with Crippen molar-refractivity contribution in [2.24, 2.45) is 0 Å². The van der Waals surface area contributed by atoms with Crippen LogP contribution in [0.4, 0.5) is 10.1 Å². The molecule has 0 unspecified atom stereocenters. The number of anilines is 1. The Hall–Kier alpha value is -1.83. The maximum Gasteiger partial charge on any atom is 0.123 e. The fourth-order valence-corrected chi connectivity index (χ4v) is 1.62. The van der Waals surface area contributed by atoms with Crippen LogP contribution >= 0.6 is 0 Å². The van der Waals surface area contributed by atoms with E-state index in [1.807, 2.05) is 37.3 Å². The van der Waals surface area contributed by atoms with Crippen molar-refractivity contribution in [1.29, 1.82) is 0 Å². The number of halogens is 1. The third-order valence-corrected chi connectivity index (χ3v) is 2.52. The second-order valence-electron chi connectivity index (χ2n) is 3.80. The molecule has 0 aromatic heterocycles. The highest BCUT2D eigenvalue weighted by molar-refractivity contribution is 5.50. The molecule has 2 rings (SSSR count). The quantitative estimate of drug-likeness (QED) is 0.822. The van der Waals surface area contributed by atoms with Crippen LogP contribution in [0.25, 0.3) is 0 Å². The Morgan fingerprint density at radius 2 is 1.88 bits per heavy atom. The Morgan fingerprint density at radius 3 is 2.62 bits per heavy atom. The summed E-state index contributed by atoms with van der Waals surface area (Å²) in [5, 5.41) is 3.29. The Kier molecular flexibility index (Phi) is 3.20. The van der Waals surface area contributed by atoms with Crippen molar-refractivity contribution in [3.63, 3.8) is 0 Å². The zero-order chi connectivity index (χ0) is 11.4. The molecule has 0 aliphatic carbocycles. The molecule has 0 radical (unpaired) electrons. The first kappa shape index (κ1) is 10.7. The molecule has 0 heterocycles. The molecule has 0 amide bonds.